The minimum absolute atomic E-state index is 0.541. The molecule has 138 valence electrons. The Morgan fingerprint density at radius 1 is 1.08 bits per heavy atom. The summed E-state index contributed by atoms with van der Waals surface area (Å²) in [6.45, 7) is 0.888. The number of hydrogen-bond acceptors (Lipinski definition) is 6. The number of hydrogen-bond donors (Lipinski definition) is 2. The Morgan fingerprint density at radius 3 is 2.73 bits per heavy atom. The third-order valence-electron chi connectivity index (χ3n) is 4.43. The van der Waals surface area contributed by atoms with Crippen LogP contribution in [0.5, 0.6) is 11.5 Å². The van der Waals surface area contributed by atoms with Gasteiger partial charge >= 0.3 is 0 Å². The van der Waals surface area contributed by atoms with E-state index in [1.807, 2.05) is 24.3 Å². The van der Waals surface area contributed by atoms with Crippen molar-refractivity contribution >= 4 is 17.5 Å². The van der Waals surface area contributed by atoms with Gasteiger partial charge in [-0.1, -0.05) is 11.6 Å². The van der Waals surface area contributed by atoms with E-state index in [-0.39, 0.29) is 0 Å². The van der Waals surface area contributed by atoms with Crippen molar-refractivity contribution in [2.24, 2.45) is 0 Å². The van der Waals surface area contributed by atoms with Crippen molar-refractivity contribution in [2.75, 3.05) is 31.4 Å². The third-order valence-corrected chi connectivity index (χ3v) is 4.43. The Hall–Kier alpha value is -2.76. The molecule has 0 atom stereocenters. The lowest BCUT2D eigenvalue weighted by Gasteiger charge is -2.13. The van der Waals surface area contributed by atoms with Gasteiger partial charge in [0.05, 0.1) is 14.2 Å². The van der Waals surface area contributed by atoms with Crippen LogP contribution in [0.1, 0.15) is 32.1 Å². The van der Waals surface area contributed by atoms with Crippen LogP contribution in [0.4, 0.5) is 17.5 Å². The van der Waals surface area contributed by atoms with Gasteiger partial charge in [-0.25, -0.2) is 4.98 Å². The van der Waals surface area contributed by atoms with Gasteiger partial charge in [0.1, 0.15) is 5.82 Å². The van der Waals surface area contributed by atoms with Gasteiger partial charge < -0.3 is 20.1 Å². The van der Waals surface area contributed by atoms with Crippen LogP contribution in [0, 0.1) is 0 Å². The molecule has 3 rings (SSSR count). The average molecular weight is 354 g/mol. The molecule has 0 bridgehead atoms. The first kappa shape index (κ1) is 18.0. The highest BCUT2D eigenvalue weighted by molar-refractivity contribution is 5.60. The molecule has 0 radical (unpaired) electrons. The van der Waals surface area contributed by atoms with E-state index in [1.54, 1.807) is 26.0 Å². The van der Waals surface area contributed by atoms with E-state index in [4.69, 9.17) is 9.47 Å². The standard InChI is InChI=1S/C20H26N4O2/c1-25-17-9-8-16(14-18(17)26-2)23-20-22-13-11-19(24-20)21-12-10-15-6-4-3-5-7-15/h6,8-9,11,13-14H,3-5,7,10,12H2,1-2H3,(H2,21,22,23,24). The van der Waals surface area contributed by atoms with Crippen LogP contribution in [-0.4, -0.2) is 30.7 Å². The van der Waals surface area contributed by atoms with E-state index in [1.165, 1.54) is 25.7 Å². The molecule has 6 heteroatoms. The Morgan fingerprint density at radius 2 is 1.96 bits per heavy atom. The largest absolute Gasteiger partial charge is 0.493 e. The number of nitrogens with one attached hydrogen (secondary N) is 2. The van der Waals surface area contributed by atoms with Crippen LogP contribution in [0.15, 0.2) is 42.1 Å². The predicted octanol–water partition coefficient (Wildman–Crippen LogP) is 4.54. The summed E-state index contributed by atoms with van der Waals surface area (Å²) in [6.07, 6.45) is 10.3. The van der Waals surface area contributed by atoms with Crippen molar-refractivity contribution in [3.05, 3.63) is 42.1 Å². The van der Waals surface area contributed by atoms with E-state index < -0.39 is 0 Å². The topological polar surface area (TPSA) is 68.3 Å². The van der Waals surface area contributed by atoms with Crippen LogP contribution in [-0.2, 0) is 0 Å². The van der Waals surface area contributed by atoms with E-state index >= 15 is 0 Å². The Kier molecular flexibility index (Phi) is 6.30. The molecule has 0 aliphatic heterocycles. The Labute approximate surface area is 154 Å². The number of nitrogens with zero attached hydrogens (tertiary/aromatic N) is 2. The molecule has 0 amide bonds. The van der Waals surface area contributed by atoms with Crippen LogP contribution in [0.3, 0.4) is 0 Å². The summed E-state index contributed by atoms with van der Waals surface area (Å²) in [6, 6.07) is 7.49. The van der Waals surface area contributed by atoms with Gasteiger partial charge in [-0.05, 0) is 50.3 Å². The van der Waals surface area contributed by atoms with Crippen LogP contribution < -0.4 is 20.1 Å². The minimum atomic E-state index is 0.541. The SMILES string of the molecule is COc1ccc(Nc2nccc(NCCC3=CCCCC3)n2)cc1OC. The summed E-state index contributed by atoms with van der Waals surface area (Å²) in [5, 5.41) is 6.58. The minimum Gasteiger partial charge on any atom is -0.493 e. The zero-order valence-electron chi connectivity index (χ0n) is 15.4. The fourth-order valence-corrected chi connectivity index (χ4v) is 3.04. The predicted molar refractivity (Wildman–Crippen MR) is 105 cm³/mol. The fraction of sp³-hybridized carbons (Fsp3) is 0.400. The zero-order chi connectivity index (χ0) is 18.2. The lowest BCUT2D eigenvalue weighted by atomic mass is 9.97. The van der Waals surface area contributed by atoms with E-state index in [0.717, 1.165) is 24.5 Å². The molecule has 2 N–H and O–H groups in total. The normalized spacial score (nSPS) is 13.7. The second kappa shape index (κ2) is 9.08. The van der Waals surface area contributed by atoms with Crippen molar-refractivity contribution < 1.29 is 9.47 Å². The molecule has 0 spiro atoms. The summed E-state index contributed by atoms with van der Waals surface area (Å²) in [7, 11) is 3.23. The zero-order valence-corrected chi connectivity index (χ0v) is 15.4. The molecule has 26 heavy (non-hydrogen) atoms. The number of rotatable bonds is 8. The molecule has 0 unspecified atom stereocenters. The van der Waals surface area contributed by atoms with E-state index in [9.17, 15) is 0 Å². The number of anilines is 3. The highest BCUT2D eigenvalue weighted by atomic mass is 16.5. The van der Waals surface area contributed by atoms with Gasteiger partial charge in [-0.3, -0.25) is 0 Å². The maximum atomic E-state index is 5.33. The molecule has 1 aliphatic rings. The van der Waals surface area contributed by atoms with E-state index in [2.05, 4.69) is 26.7 Å². The van der Waals surface area contributed by atoms with Crippen molar-refractivity contribution in [2.45, 2.75) is 32.1 Å². The molecule has 0 fully saturated rings. The summed E-state index contributed by atoms with van der Waals surface area (Å²) in [4.78, 5) is 8.81. The third kappa shape index (κ3) is 4.88. The second-order valence-corrected chi connectivity index (χ2v) is 6.25. The van der Waals surface area contributed by atoms with Crippen molar-refractivity contribution in [1.82, 2.24) is 9.97 Å². The van der Waals surface area contributed by atoms with Gasteiger partial charge in [0.2, 0.25) is 5.95 Å². The highest BCUT2D eigenvalue weighted by Crippen LogP contribution is 2.30. The number of allylic oxidation sites excluding steroid dienone is 1. The Balaban J connectivity index is 1.59. The maximum absolute atomic E-state index is 5.33. The van der Waals surface area contributed by atoms with Crippen molar-refractivity contribution in [3.8, 4) is 11.5 Å². The van der Waals surface area contributed by atoms with Crippen molar-refractivity contribution in [3.63, 3.8) is 0 Å². The van der Waals surface area contributed by atoms with Gasteiger partial charge in [0.25, 0.3) is 0 Å². The first-order chi connectivity index (χ1) is 12.8. The van der Waals surface area contributed by atoms with Gasteiger partial charge in [0, 0.05) is 24.5 Å². The summed E-state index contributed by atoms with van der Waals surface area (Å²) < 4.78 is 10.6. The molecule has 2 aromatic rings. The smallest absolute Gasteiger partial charge is 0.229 e. The quantitative estimate of drug-likeness (QED) is 0.678. The first-order valence-electron chi connectivity index (χ1n) is 9.02. The fourth-order valence-electron chi connectivity index (χ4n) is 3.04. The number of aromatic nitrogens is 2. The first-order valence-corrected chi connectivity index (χ1v) is 9.02. The highest BCUT2D eigenvalue weighted by Gasteiger charge is 2.07. The lowest BCUT2D eigenvalue weighted by molar-refractivity contribution is 0.355. The summed E-state index contributed by atoms with van der Waals surface area (Å²) >= 11 is 0. The monoisotopic (exact) mass is 354 g/mol. The van der Waals surface area contributed by atoms with E-state index in [0.29, 0.717) is 17.4 Å². The van der Waals surface area contributed by atoms with Crippen LogP contribution in [0.25, 0.3) is 0 Å². The van der Waals surface area contributed by atoms with Crippen LogP contribution in [0.2, 0.25) is 0 Å². The number of benzene rings is 1. The molecular formula is C20H26N4O2. The summed E-state index contributed by atoms with van der Waals surface area (Å²) in [5.74, 6) is 2.71. The molecule has 1 aromatic heterocycles. The molecule has 1 aromatic carbocycles. The molecule has 0 saturated carbocycles. The van der Waals surface area contributed by atoms with Crippen molar-refractivity contribution in [1.29, 1.82) is 0 Å². The van der Waals surface area contributed by atoms with Gasteiger partial charge in [0.15, 0.2) is 11.5 Å². The maximum Gasteiger partial charge on any atom is 0.229 e. The lowest BCUT2D eigenvalue weighted by Crippen LogP contribution is -2.07. The molecule has 1 aliphatic carbocycles. The molecule has 0 saturated heterocycles. The number of methoxy groups -OCH3 is 2. The number of ether oxygens (including phenoxy) is 2. The van der Waals surface area contributed by atoms with Crippen LogP contribution >= 0.6 is 0 Å². The molecular weight excluding hydrogens is 328 g/mol. The molecule has 1 heterocycles. The second-order valence-electron chi connectivity index (χ2n) is 6.25. The average Bonchev–Trinajstić information content (AvgIpc) is 2.69. The van der Waals surface area contributed by atoms with Gasteiger partial charge in [-0.2, -0.15) is 4.98 Å². The Bertz CT molecular complexity index is 761. The summed E-state index contributed by atoms with van der Waals surface area (Å²) in [5.41, 5.74) is 2.40. The molecule has 6 nitrogen and oxygen atoms in total. The van der Waals surface area contributed by atoms with Gasteiger partial charge in [-0.15, -0.1) is 0 Å².